The van der Waals surface area contributed by atoms with Gasteiger partial charge in [0.25, 0.3) is 11.7 Å². The lowest BCUT2D eigenvalue weighted by Gasteiger charge is -2.27. The molecule has 204 valence electrons. The number of benzene rings is 3. The standard InChI is InChI=1S/C33H37NO5/c1-19(2)21-10-14-24(15-11-21)34-29(22-12-16-26(38-7)27(17-22)39-8)28(31(36)32(34)37)30(35)25-18-23(33(4,5)6)13-9-20(25)3/h9-19,29,35H,1-8H3/b30-28+. The zero-order valence-electron chi connectivity index (χ0n) is 24.0. The van der Waals surface area contributed by atoms with Crippen molar-refractivity contribution < 1.29 is 24.2 Å². The summed E-state index contributed by atoms with van der Waals surface area (Å²) < 4.78 is 10.9. The molecule has 0 saturated carbocycles. The number of ketones is 1. The summed E-state index contributed by atoms with van der Waals surface area (Å²) in [6.07, 6.45) is 0. The van der Waals surface area contributed by atoms with Gasteiger partial charge in [-0.2, -0.15) is 0 Å². The number of Topliss-reactive ketones (excluding diaryl/α,β-unsaturated/α-hetero) is 1. The van der Waals surface area contributed by atoms with Gasteiger partial charge in [0.2, 0.25) is 0 Å². The van der Waals surface area contributed by atoms with Crippen LogP contribution in [0.2, 0.25) is 0 Å². The fraction of sp³-hybridized carbons (Fsp3) is 0.333. The Hall–Kier alpha value is -4.06. The molecule has 0 spiro atoms. The summed E-state index contributed by atoms with van der Waals surface area (Å²) in [5.74, 6) is -0.332. The lowest BCUT2D eigenvalue weighted by Crippen LogP contribution is -2.29. The molecule has 3 aromatic carbocycles. The molecule has 1 N–H and O–H groups in total. The number of hydrogen-bond donors (Lipinski definition) is 1. The Balaban J connectivity index is 1.99. The van der Waals surface area contributed by atoms with E-state index >= 15 is 0 Å². The van der Waals surface area contributed by atoms with Crippen molar-refractivity contribution in [1.29, 1.82) is 0 Å². The number of anilines is 1. The molecule has 1 fully saturated rings. The van der Waals surface area contributed by atoms with Gasteiger partial charge in [0.05, 0.1) is 25.8 Å². The van der Waals surface area contributed by atoms with E-state index in [0.717, 1.165) is 16.7 Å². The maximum Gasteiger partial charge on any atom is 0.300 e. The van der Waals surface area contributed by atoms with Crippen LogP contribution in [0.1, 0.15) is 74.4 Å². The van der Waals surface area contributed by atoms with Crippen LogP contribution >= 0.6 is 0 Å². The van der Waals surface area contributed by atoms with Crippen molar-refractivity contribution in [2.24, 2.45) is 0 Å². The molecule has 1 atom stereocenters. The number of aliphatic hydroxyl groups excluding tert-OH is 1. The fourth-order valence-corrected chi connectivity index (χ4v) is 4.95. The molecule has 0 bridgehead atoms. The molecule has 6 heteroatoms. The number of hydrogen-bond acceptors (Lipinski definition) is 5. The molecular formula is C33H37NO5. The lowest BCUT2D eigenvalue weighted by atomic mass is 9.84. The van der Waals surface area contributed by atoms with Crippen LogP contribution in [0, 0.1) is 6.92 Å². The van der Waals surface area contributed by atoms with E-state index in [4.69, 9.17) is 9.47 Å². The third-order valence-electron chi connectivity index (χ3n) is 7.36. The van der Waals surface area contributed by atoms with E-state index in [2.05, 4.69) is 34.6 Å². The van der Waals surface area contributed by atoms with Crippen LogP contribution in [0.3, 0.4) is 0 Å². The van der Waals surface area contributed by atoms with Gasteiger partial charge in [-0.25, -0.2) is 0 Å². The van der Waals surface area contributed by atoms with Crippen LogP contribution in [0.4, 0.5) is 5.69 Å². The number of methoxy groups -OCH3 is 2. The number of ether oxygens (including phenoxy) is 2. The van der Waals surface area contributed by atoms with Gasteiger partial charge in [0.1, 0.15) is 5.76 Å². The number of aryl methyl sites for hydroxylation is 1. The van der Waals surface area contributed by atoms with Crippen LogP contribution in [0.25, 0.3) is 5.76 Å². The summed E-state index contributed by atoms with van der Waals surface area (Å²) in [4.78, 5) is 28.7. The summed E-state index contributed by atoms with van der Waals surface area (Å²) in [7, 11) is 3.08. The monoisotopic (exact) mass is 527 g/mol. The van der Waals surface area contributed by atoms with E-state index in [1.807, 2.05) is 49.4 Å². The predicted octanol–water partition coefficient (Wildman–Crippen LogP) is 7.06. The molecule has 3 aromatic rings. The van der Waals surface area contributed by atoms with Gasteiger partial charge >= 0.3 is 0 Å². The van der Waals surface area contributed by atoms with E-state index in [1.54, 1.807) is 25.3 Å². The van der Waals surface area contributed by atoms with Crippen molar-refractivity contribution in [1.82, 2.24) is 0 Å². The number of carbonyl (C=O) groups excluding carboxylic acids is 2. The van der Waals surface area contributed by atoms with Crippen LogP contribution in [-0.4, -0.2) is 31.0 Å². The highest BCUT2D eigenvalue weighted by Gasteiger charge is 2.47. The van der Waals surface area contributed by atoms with Gasteiger partial charge in [-0.1, -0.05) is 65.0 Å². The van der Waals surface area contributed by atoms with Crippen molar-refractivity contribution in [3.63, 3.8) is 0 Å². The third kappa shape index (κ3) is 5.16. The minimum atomic E-state index is -0.868. The third-order valence-corrected chi connectivity index (χ3v) is 7.36. The van der Waals surface area contributed by atoms with Gasteiger partial charge in [0, 0.05) is 11.3 Å². The molecule has 0 aliphatic carbocycles. The Morgan fingerprint density at radius 1 is 0.897 bits per heavy atom. The zero-order chi connectivity index (χ0) is 28.6. The first-order chi connectivity index (χ1) is 18.4. The SMILES string of the molecule is COc1ccc(C2/C(=C(\O)c3cc(C(C)(C)C)ccc3C)C(=O)C(=O)N2c2ccc(C(C)C)cc2)cc1OC. The Kier molecular flexibility index (Phi) is 7.60. The van der Waals surface area contributed by atoms with E-state index in [9.17, 15) is 14.7 Å². The summed E-state index contributed by atoms with van der Waals surface area (Å²) in [5, 5.41) is 11.7. The summed E-state index contributed by atoms with van der Waals surface area (Å²) >= 11 is 0. The van der Waals surface area contributed by atoms with Gasteiger partial charge in [-0.3, -0.25) is 14.5 Å². The van der Waals surface area contributed by atoms with Crippen LogP contribution in [-0.2, 0) is 15.0 Å². The normalized spacial score (nSPS) is 17.2. The van der Waals surface area contributed by atoms with Crippen molar-refractivity contribution in [3.8, 4) is 11.5 Å². The number of carbonyl (C=O) groups is 2. The summed E-state index contributed by atoms with van der Waals surface area (Å²) in [6, 6.07) is 17.9. The molecule has 4 rings (SSSR count). The zero-order valence-corrected chi connectivity index (χ0v) is 24.0. The molecule has 39 heavy (non-hydrogen) atoms. The number of amides is 1. The smallest absolute Gasteiger partial charge is 0.300 e. The molecule has 0 radical (unpaired) electrons. The van der Waals surface area contributed by atoms with Crippen molar-refractivity contribution in [3.05, 3.63) is 94.1 Å². The highest BCUT2D eigenvalue weighted by molar-refractivity contribution is 6.51. The average Bonchev–Trinajstić information content (AvgIpc) is 3.17. The number of nitrogens with zero attached hydrogens (tertiary/aromatic N) is 1. The Bertz CT molecular complexity index is 1440. The van der Waals surface area contributed by atoms with Gasteiger partial charge in [-0.15, -0.1) is 0 Å². The van der Waals surface area contributed by atoms with Crippen molar-refractivity contribution in [2.45, 2.75) is 58.9 Å². The fourth-order valence-electron chi connectivity index (χ4n) is 4.95. The second kappa shape index (κ2) is 10.6. The molecule has 1 aliphatic rings. The quantitative estimate of drug-likeness (QED) is 0.211. The van der Waals surface area contributed by atoms with E-state index in [0.29, 0.717) is 34.2 Å². The first-order valence-corrected chi connectivity index (χ1v) is 13.1. The Morgan fingerprint density at radius 3 is 2.10 bits per heavy atom. The van der Waals surface area contributed by atoms with E-state index < -0.39 is 17.7 Å². The first-order valence-electron chi connectivity index (χ1n) is 13.1. The molecule has 1 unspecified atom stereocenters. The van der Waals surface area contributed by atoms with E-state index in [-0.39, 0.29) is 16.7 Å². The van der Waals surface area contributed by atoms with E-state index in [1.165, 1.54) is 12.0 Å². The molecule has 6 nitrogen and oxygen atoms in total. The minimum Gasteiger partial charge on any atom is -0.507 e. The van der Waals surface area contributed by atoms with Crippen molar-refractivity contribution in [2.75, 3.05) is 19.1 Å². The Morgan fingerprint density at radius 2 is 1.54 bits per heavy atom. The second-order valence-corrected chi connectivity index (χ2v) is 11.3. The predicted molar refractivity (Wildman–Crippen MR) is 155 cm³/mol. The molecule has 1 amide bonds. The maximum absolute atomic E-state index is 13.7. The summed E-state index contributed by atoms with van der Waals surface area (Å²) in [5.41, 5.74) is 4.51. The van der Waals surface area contributed by atoms with Gasteiger partial charge in [-0.05, 0) is 70.8 Å². The van der Waals surface area contributed by atoms with Crippen LogP contribution in [0.5, 0.6) is 11.5 Å². The summed E-state index contributed by atoms with van der Waals surface area (Å²) in [6.45, 7) is 12.3. The topological polar surface area (TPSA) is 76.1 Å². The van der Waals surface area contributed by atoms with Crippen LogP contribution in [0.15, 0.2) is 66.2 Å². The Labute approximate surface area is 230 Å². The molecule has 1 heterocycles. The van der Waals surface area contributed by atoms with Crippen LogP contribution < -0.4 is 14.4 Å². The largest absolute Gasteiger partial charge is 0.507 e. The molecule has 1 saturated heterocycles. The molecular weight excluding hydrogens is 490 g/mol. The van der Waals surface area contributed by atoms with Gasteiger partial charge in [0.15, 0.2) is 11.5 Å². The highest BCUT2D eigenvalue weighted by atomic mass is 16.5. The van der Waals surface area contributed by atoms with Gasteiger partial charge < -0.3 is 14.6 Å². The van der Waals surface area contributed by atoms with Crippen molar-refractivity contribution >= 4 is 23.1 Å². The number of aliphatic hydroxyl groups is 1. The average molecular weight is 528 g/mol. The second-order valence-electron chi connectivity index (χ2n) is 11.3. The maximum atomic E-state index is 13.7. The molecule has 0 aromatic heterocycles. The molecule has 1 aliphatic heterocycles. The minimum absolute atomic E-state index is 0.0364. The highest BCUT2D eigenvalue weighted by Crippen LogP contribution is 2.45. The first kappa shape index (κ1) is 28.0. The number of rotatable bonds is 6. The lowest BCUT2D eigenvalue weighted by molar-refractivity contribution is -0.132.